The highest BCUT2D eigenvalue weighted by Gasteiger charge is 2.27. The van der Waals surface area contributed by atoms with E-state index in [-0.39, 0.29) is 0 Å². The Labute approximate surface area is 117 Å². The fourth-order valence-corrected chi connectivity index (χ4v) is 3.68. The average molecular weight is 300 g/mol. The van der Waals surface area contributed by atoms with E-state index < -0.39 is 11.9 Å². The third kappa shape index (κ3) is 4.51. The molecule has 0 radical (unpaired) electrons. The number of hydrogen-bond donors (Lipinski definition) is 0. The summed E-state index contributed by atoms with van der Waals surface area (Å²) in [6, 6.07) is 17.1. The molecule has 2 rings (SSSR count). The minimum absolute atomic E-state index is 0.814. The molecule has 0 unspecified atom stereocenters. The molecule has 0 aliphatic rings. The summed E-state index contributed by atoms with van der Waals surface area (Å²) in [6.45, 7) is 0. The van der Waals surface area contributed by atoms with Crippen LogP contribution in [0.1, 0.15) is 0 Å². The standard InChI is InChI=1S/C14H11F3S2/c15-14(16,17)10-18-19-13-9-5-4-8-12(13)11-6-2-1-3-7-11/h1-9H,10H2. The second kappa shape index (κ2) is 6.39. The molecule has 19 heavy (non-hydrogen) atoms. The number of rotatable bonds is 4. The number of benzene rings is 2. The summed E-state index contributed by atoms with van der Waals surface area (Å²) >= 11 is 0. The van der Waals surface area contributed by atoms with Gasteiger partial charge in [0.05, 0.1) is 0 Å². The SMILES string of the molecule is FC(F)(F)CSSc1ccccc1-c1ccccc1. The fraction of sp³-hybridized carbons (Fsp3) is 0.143. The average Bonchev–Trinajstić information content (AvgIpc) is 2.39. The first-order valence-corrected chi connectivity index (χ1v) is 7.89. The Morgan fingerprint density at radius 1 is 0.842 bits per heavy atom. The van der Waals surface area contributed by atoms with Gasteiger partial charge in [0.2, 0.25) is 0 Å². The summed E-state index contributed by atoms with van der Waals surface area (Å²) in [4.78, 5) is 0.850. The maximum Gasteiger partial charge on any atom is 0.398 e. The van der Waals surface area contributed by atoms with Gasteiger partial charge in [-0.3, -0.25) is 0 Å². The normalized spacial score (nSPS) is 11.5. The molecule has 0 N–H and O–H groups in total. The van der Waals surface area contributed by atoms with Gasteiger partial charge in [-0.05, 0) is 17.2 Å². The van der Waals surface area contributed by atoms with Crippen LogP contribution in [0.4, 0.5) is 13.2 Å². The van der Waals surface area contributed by atoms with E-state index in [0.29, 0.717) is 0 Å². The van der Waals surface area contributed by atoms with Gasteiger partial charge in [0.15, 0.2) is 0 Å². The topological polar surface area (TPSA) is 0 Å². The molecule has 0 aliphatic carbocycles. The van der Waals surface area contributed by atoms with E-state index in [1.54, 1.807) is 0 Å². The molecule has 0 saturated heterocycles. The highest BCUT2D eigenvalue weighted by Crippen LogP contribution is 2.40. The van der Waals surface area contributed by atoms with Crippen LogP contribution in [0.3, 0.4) is 0 Å². The molecule has 0 saturated carbocycles. The van der Waals surface area contributed by atoms with Crippen LogP contribution in [0.15, 0.2) is 59.5 Å². The van der Waals surface area contributed by atoms with Gasteiger partial charge in [0.1, 0.15) is 5.75 Å². The quantitative estimate of drug-likeness (QED) is 0.669. The lowest BCUT2D eigenvalue weighted by Gasteiger charge is -2.09. The van der Waals surface area contributed by atoms with Gasteiger partial charge in [-0.1, -0.05) is 70.1 Å². The fourth-order valence-electron chi connectivity index (χ4n) is 1.56. The van der Waals surface area contributed by atoms with Crippen LogP contribution in [0, 0.1) is 0 Å². The largest absolute Gasteiger partial charge is 0.398 e. The molecule has 0 heterocycles. The van der Waals surface area contributed by atoms with Crippen LogP contribution in [-0.4, -0.2) is 11.9 Å². The zero-order valence-corrected chi connectivity index (χ0v) is 11.5. The Bertz CT molecular complexity index is 524. The molecular formula is C14H11F3S2. The third-order valence-electron chi connectivity index (χ3n) is 2.34. The van der Waals surface area contributed by atoms with E-state index in [0.717, 1.165) is 26.8 Å². The molecule has 0 spiro atoms. The van der Waals surface area contributed by atoms with Crippen molar-refractivity contribution < 1.29 is 13.2 Å². The van der Waals surface area contributed by atoms with Crippen LogP contribution in [0.2, 0.25) is 0 Å². The minimum atomic E-state index is -4.13. The number of alkyl halides is 3. The molecule has 0 aliphatic heterocycles. The Kier molecular flexibility index (Phi) is 4.82. The van der Waals surface area contributed by atoms with Crippen molar-refractivity contribution in [2.45, 2.75) is 11.1 Å². The lowest BCUT2D eigenvalue weighted by molar-refractivity contribution is -0.104. The summed E-state index contributed by atoms with van der Waals surface area (Å²) in [7, 11) is 1.98. The molecule has 0 atom stereocenters. The predicted octanol–water partition coefficient (Wildman–Crippen LogP) is 5.66. The first-order valence-electron chi connectivity index (χ1n) is 5.57. The second-order valence-electron chi connectivity index (χ2n) is 3.82. The lowest BCUT2D eigenvalue weighted by atomic mass is 10.1. The van der Waals surface area contributed by atoms with Crippen molar-refractivity contribution in [2.24, 2.45) is 0 Å². The van der Waals surface area contributed by atoms with Crippen LogP contribution in [-0.2, 0) is 0 Å². The Balaban J connectivity index is 2.14. The van der Waals surface area contributed by atoms with Gasteiger partial charge < -0.3 is 0 Å². The van der Waals surface area contributed by atoms with Crippen LogP contribution >= 0.6 is 21.6 Å². The van der Waals surface area contributed by atoms with Crippen molar-refractivity contribution in [1.29, 1.82) is 0 Å². The monoisotopic (exact) mass is 300 g/mol. The van der Waals surface area contributed by atoms with Gasteiger partial charge in [0, 0.05) is 4.90 Å². The smallest absolute Gasteiger partial charge is 0.170 e. The molecule has 5 heteroatoms. The summed E-state index contributed by atoms with van der Waals surface area (Å²) in [5.41, 5.74) is 1.97. The molecule has 0 aromatic heterocycles. The molecule has 0 fully saturated rings. The first kappa shape index (κ1) is 14.3. The van der Waals surface area contributed by atoms with Crippen molar-refractivity contribution in [3.8, 4) is 11.1 Å². The van der Waals surface area contributed by atoms with Crippen molar-refractivity contribution >= 4 is 21.6 Å². The van der Waals surface area contributed by atoms with Crippen LogP contribution in [0.25, 0.3) is 11.1 Å². The van der Waals surface area contributed by atoms with Gasteiger partial charge in [-0.25, -0.2) is 0 Å². The van der Waals surface area contributed by atoms with E-state index in [2.05, 4.69) is 0 Å². The van der Waals surface area contributed by atoms with E-state index in [4.69, 9.17) is 0 Å². The highest BCUT2D eigenvalue weighted by molar-refractivity contribution is 8.76. The van der Waals surface area contributed by atoms with Crippen molar-refractivity contribution in [3.05, 3.63) is 54.6 Å². The Morgan fingerprint density at radius 2 is 1.47 bits per heavy atom. The van der Waals surface area contributed by atoms with E-state index in [1.807, 2.05) is 54.6 Å². The summed E-state index contributed by atoms with van der Waals surface area (Å²) < 4.78 is 36.4. The second-order valence-corrected chi connectivity index (χ2v) is 6.16. The van der Waals surface area contributed by atoms with Crippen molar-refractivity contribution in [2.75, 3.05) is 5.75 Å². The summed E-state index contributed by atoms with van der Waals surface area (Å²) in [5.74, 6) is -0.846. The maximum absolute atomic E-state index is 12.1. The zero-order chi connectivity index (χ0) is 13.7. The minimum Gasteiger partial charge on any atom is -0.170 e. The predicted molar refractivity (Wildman–Crippen MR) is 76.2 cm³/mol. The van der Waals surface area contributed by atoms with Gasteiger partial charge >= 0.3 is 6.18 Å². The van der Waals surface area contributed by atoms with Gasteiger partial charge in [-0.2, -0.15) is 13.2 Å². The van der Waals surface area contributed by atoms with Gasteiger partial charge in [-0.15, -0.1) is 0 Å². The molecule has 0 nitrogen and oxygen atoms in total. The lowest BCUT2D eigenvalue weighted by Crippen LogP contribution is -2.09. The van der Waals surface area contributed by atoms with Gasteiger partial charge in [0.25, 0.3) is 0 Å². The van der Waals surface area contributed by atoms with Crippen molar-refractivity contribution in [1.82, 2.24) is 0 Å². The molecule has 0 bridgehead atoms. The molecule has 100 valence electrons. The summed E-state index contributed by atoms with van der Waals surface area (Å²) in [5, 5.41) is 0. The maximum atomic E-state index is 12.1. The van der Waals surface area contributed by atoms with E-state index in [1.165, 1.54) is 10.8 Å². The molecule has 2 aromatic rings. The highest BCUT2D eigenvalue weighted by atomic mass is 33.1. The molecular weight excluding hydrogens is 289 g/mol. The Morgan fingerprint density at radius 3 is 2.16 bits per heavy atom. The van der Waals surface area contributed by atoms with Crippen LogP contribution in [0.5, 0.6) is 0 Å². The van der Waals surface area contributed by atoms with Crippen LogP contribution < -0.4 is 0 Å². The van der Waals surface area contributed by atoms with E-state index in [9.17, 15) is 13.2 Å². The number of halogens is 3. The van der Waals surface area contributed by atoms with E-state index >= 15 is 0 Å². The van der Waals surface area contributed by atoms with Crippen molar-refractivity contribution in [3.63, 3.8) is 0 Å². The Hall–Kier alpha value is -1.07. The summed E-state index contributed by atoms with van der Waals surface area (Å²) in [6.07, 6.45) is -4.13. The molecule has 2 aromatic carbocycles. The first-order chi connectivity index (χ1) is 9.06. The molecule has 0 amide bonds. The number of hydrogen-bond acceptors (Lipinski definition) is 2. The zero-order valence-electron chi connectivity index (χ0n) is 9.85. The third-order valence-corrected chi connectivity index (χ3v) is 4.69.